The molecule has 73 valence electrons. The fourth-order valence-corrected chi connectivity index (χ4v) is 3.17. The van der Waals surface area contributed by atoms with Gasteiger partial charge in [-0.3, -0.25) is 0 Å². The summed E-state index contributed by atoms with van der Waals surface area (Å²) in [7, 11) is 0.859. The number of fused-ring (bicyclic) bond motifs is 2. The quantitative estimate of drug-likeness (QED) is 0.657. The van der Waals surface area contributed by atoms with Crippen LogP contribution in [0.2, 0.25) is 0 Å². The van der Waals surface area contributed by atoms with Crippen LogP contribution in [0.1, 0.15) is 40.0 Å². The monoisotopic (exact) mass is 181 g/mol. The molecule has 2 nitrogen and oxygen atoms in total. The van der Waals surface area contributed by atoms with Crippen molar-refractivity contribution in [3.8, 4) is 0 Å². The molecule has 3 aliphatic carbocycles. The van der Waals surface area contributed by atoms with Crippen molar-refractivity contribution in [1.82, 2.24) is 0 Å². The lowest BCUT2D eigenvalue weighted by Gasteiger charge is -2.61. The van der Waals surface area contributed by atoms with E-state index in [0.29, 0.717) is 5.41 Å². The molecule has 3 saturated carbocycles. The first-order valence-corrected chi connectivity index (χ1v) is 5.12. The highest BCUT2D eigenvalue weighted by Gasteiger charge is 2.56. The van der Waals surface area contributed by atoms with Crippen LogP contribution in [0, 0.1) is 17.3 Å². The van der Waals surface area contributed by atoms with Crippen LogP contribution in [0.25, 0.3) is 0 Å². The largest absolute Gasteiger partial charge is 0.485 e. The molecule has 0 saturated heterocycles. The molecule has 3 aliphatic rings. The summed E-state index contributed by atoms with van der Waals surface area (Å²) >= 11 is 0. The van der Waals surface area contributed by atoms with Gasteiger partial charge in [-0.1, -0.05) is 13.8 Å². The molecule has 13 heavy (non-hydrogen) atoms. The van der Waals surface area contributed by atoms with Crippen molar-refractivity contribution in [2.24, 2.45) is 17.3 Å². The van der Waals surface area contributed by atoms with Gasteiger partial charge in [0.1, 0.15) is 0 Å². The Balaban J connectivity index is 2.03. The van der Waals surface area contributed by atoms with Crippen LogP contribution in [0.4, 0.5) is 0 Å². The lowest BCUT2D eigenvalue weighted by Crippen LogP contribution is -2.57. The van der Waals surface area contributed by atoms with Gasteiger partial charge in [0.25, 0.3) is 0 Å². The molecule has 3 fully saturated rings. The van der Waals surface area contributed by atoms with Crippen LogP contribution in [0.15, 0.2) is 0 Å². The summed E-state index contributed by atoms with van der Waals surface area (Å²) in [6.45, 7) is 6.82. The summed E-state index contributed by atoms with van der Waals surface area (Å²) in [4.78, 5) is 0. The topological polar surface area (TPSA) is 29.5 Å². The first kappa shape index (κ1) is 9.54. The smallest absolute Gasteiger partial charge is 0.429 e. The maximum atomic E-state index is 8.67. The average molecular weight is 181 g/mol. The van der Waals surface area contributed by atoms with Gasteiger partial charge in [0.15, 0.2) is 0 Å². The minimum atomic E-state index is -0.0994. The normalized spacial score (nSPS) is 46.8. The fraction of sp³-hybridized carbons (Fsp3) is 1.00. The number of hydrogen-bond donors (Lipinski definition) is 1. The molecular formula is C10H18BO2. The first-order chi connectivity index (χ1) is 5.98. The zero-order chi connectivity index (χ0) is 9.69. The highest BCUT2D eigenvalue weighted by atomic mass is 16.5. The van der Waals surface area contributed by atoms with E-state index in [2.05, 4.69) is 20.8 Å². The molecule has 0 spiro atoms. The Morgan fingerprint density at radius 3 is 2.15 bits per heavy atom. The van der Waals surface area contributed by atoms with Crippen molar-refractivity contribution in [3.63, 3.8) is 0 Å². The zero-order valence-corrected chi connectivity index (χ0v) is 8.71. The predicted molar refractivity (Wildman–Crippen MR) is 52.1 cm³/mol. The van der Waals surface area contributed by atoms with E-state index < -0.39 is 0 Å². The van der Waals surface area contributed by atoms with E-state index in [1.807, 2.05) is 0 Å². The molecule has 0 aromatic carbocycles. The second-order valence-corrected chi connectivity index (χ2v) is 5.53. The summed E-state index contributed by atoms with van der Waals surface area (Å²) in [5.41, 5.74) is 0.413. The number of rotatable bonds is 2. The van der Waals surface area contributed by atoms with Gasteiger partial charge in [-0.15, -0.1) is 0 Å². The molecule has 0 amide bonds. The van der Waals surface area contributed by atoms with Crippen molar-refractivity contribution in [2.45, 2.75) is 45.6 Å². The lowest BCUT2D eigenvalue weighted by atomic mass is 9.46. The summed E-state index contributed by atoms with van der Waals surface area (Å²) in [5.74, 6) is 1.58. The molecule has 3 rings (SSSR count). The third-order valence-corrected chi connectivity index (χ3v) is 4.37. The van der Waals surface area contributed by atoms with Gasteiger partial charge < -0.3 is 9.68 Å². The van der Waals surface area contributed by atoms with Crippen LogP contribution in [0.3, 0.4) is 0 Å². The first-order valence-electron chi connectivity index (χ1n) is 5.12. The van der Waals surface area contributed by atoms with E-state index >= 15 is 0 Å². The zero-order valence-electron chi connectivity index (χ0n) is 8.71. The second kappa shape index (κ2) is 2.74. The third-order valence-electron chi connectivity index (χ3n) is 4.37. The standard InChI is InChI=1S/C10H18BO2/c1-9(2)7-4-8(9)6-10(3,5-7)13-11-12/h7-8,12H,4-6H2,1-3H3/t7-,8?,10?/m0/s1. The number of hydrogen-bond acceptors (Lipinski definition) is 2. The molecule has 0 aromatic rings. The van der Waals surface area contributed by atoms with E-state index in [4.69, 9.17) is 9.68 Å². The van der Waals surface area contributed by atoms with E-state index in [0.717, 1.165) is 32.4 Å². The van der Waals surface area contributed by atoms with E-state index in [-0.39, 0.29) is 5.60 Å². The van der Waals surface area contributed by atoms with Crippen LogP contribution < -0.4 is 0 Å². The van der Waals surface area contributed by atoms with Gasteiger partial charge in [0.2, 0.25) is 0 Å². The molecule has 3 atom stereocenters. The van der Waals surface area contributed by atoms with Crippen LogP contribution in [0.5, 0.6) is 0 Å². The highest BCUT2D eigenvalue weighted by Crippen LogP contribution is 2.62. The SMILES string of the molecule is CC1(O[B]O)CC2C[C@@H](C1)C2(C)C. The minimum Gasteiger partial charge on any atom is -0.429 e. The Hall–Kier alpha value is -0.0151. The van der Waals surface area contributed by atoms with Crippen molar-refractivity contribution >= 4 is 7.69 Å². The van der Waals surface area contributed by atoms with Crippen LogP contribution in [-0.4, -0.2) is 18.3 Å². The Bertz CT molecular complexity index is 201. The maximum absolute atomic E-state index is 8.67. The maximum Gasteiger partial charge on any atom is 0.485 e. The molecule has 0 aliphatic heterocycles. The fourth-order valence-electron chi connectivity index (χ4n) is 3.17. The molecule has 3 heteroatoms. The van der Waals surface area contributed by atoms with Gasteiger partial charge in [-0.2, -0.15) is 0 Å². The average Bonchev–Trinajstić information content (AvgIpc) is 2.04. The minimum absolute atomic E-state index is 0.0994. The van der Waals surface area contributed by atoms with Gasteiger partial charge in [0, 0.05) is 0 Å². The van der Waals surface area contributed by atoms with Crippen molar-refractivity contribution < 1.29 is 9.68 Å². The predicted octanol–water partition coefficient (Wildman–Crippen LogP) is 1.74. The Morgan fingerprint density at radius 1 is 1.23 bits per heavy atom. The lowest BCUT2D eigenvalue weighted by molar-refractivity contribution is -0.150. The molecule has 2 unspecified atom stereocenters. The molecule has 0 heterocycles. The van der Waals surface area contributed by atoms with Gasteiger partial charge in [-0.05, 0) is 43.4 Å². The molecule has 2 bridgehead atoms. The Morgan fingerprint density at radius 2 is 1.77 bits per heavy atom. The van der Waals surface area contributed by atoms with Crippen molar-refractivity contribution in [3.05, 3.63) is 0 Å². The molecule has 1 N–H and O–H groups in total. The Kier molecular flexibility index (Phi) is 2.01. The Labute approximate surface area is 81.0 Å². The van der Waals surface area contributed by atoms with Gasteiger partial charge >= 0.3 is 7.69 Å². The molecular weight excluding hydrogens is 163 g/mol. The van der Waals surface area contributed by atoms with Crippen molar-refractivity contribution in [2.75, 3.05) is 0 Å². The summed E-state index contributed by atoms with van der Waals surface area (Å²) in [6.07, 6.45) is 3.54. The van der Waals surface area contributed by atoms with E-state index in [1.165, 1.54) is 6.42 Å². The molecule has 0 aromatic heterocycles. The van der Waals surface area contributed by atoms with Gasteiger partial charge in [-0.25, -0.2) is 0 Å². The summed E-state index contributed by atoms with van der Waals surface area (Å²) in [5, 5.41) is 8.67. The summed E-state index contributed by atoms with van der Waals surface area (Å²) in [6, 6.07) is 0. The van der Waals surface area contributed by atoms with Gasteiger partial charge in [0.05, 0.1) is 5.60 Å². The molecule has 1 radical (unpaired) electrons. The van der Waals surface area contributed by atoms with Crippen LogP contribution >= 0.6 is 0 Å². The van der Waals surface area contributed by atoms with Crippen molar-refractivity contribution in [1.29, 1.82) is 0 Å². The highest BCUT2D eigenvalue weighted by molar-refractivity contribution is 6.16. The second-order valence-electron chi connectivity index (χ2n) is 5.53. The summed E-state index contributed by atoms with van der Waals surface area (Å²) < 4.78 is 5.30. The van der Waals surface area contributed by atoms with E-state index in [9.17, 15) is 0 Å². The third kappa shape index (κ3) is 1.33. The van der Waals surface area contributed by atoms with E-state index in [1.54, 1.807) is 0 Å². The van der Waals surface area contributed by atoms with Crippen LogP contribution in [-0.2, 0) is 4.65 Å².